The van der Waals surface area contributed by atoms with Gasteiger partial charge in [-0.2, -0.15) is 0 Å². The van der Waals surface area contributed by atoms with Gasteiger partial charge in [-0.1, -0.05) is 30.3 Å². The van der Waals surface area contributed by atoms with E-state index in [0.717, 1.165) is 20.8 Å². The normalized spacial score (nSPS) is 10.5. The molecule has 0 radical (unpaired) electrons. The predicted octanol–water partition coefficient (Wildman–Crippen LogP) is 4.06. The van der Waals surface area contributed by atoms with Gasteiger partial charge in [-0.3, -0.25) is 9.59 Å². The molecule has 6 nitrogen and oxygen atoms in total. The van der Waals surface area contributed by atoms with Crippen molar-refractivity contribution in [2.75, 3.05) is 20.8 Å². The molecule has 0 fully saturated rings. The van der Waals surface area contributed by atoms with Crippen molar-refractivity contribution in [1.29, 1.82) is 0 Å². The summed E-state index contributed by atoms with van der Waals surface area (Å²) in [4.78, 5) is 24.5. The van der Waals surface area contributed by atoms with Crippen molar-refractivity contribution in [1.82, 2.24) is 10.6 Å². The van der Waals surface area contributed by atoms with E-state index in [1.54, 1.807) is 20.3 Å². The van der Waals surface area contributed by atoms with Crippen LogP contribution in [0.3, 0.4) is 0 Å². The van der Waals surface area contributed by atoms with E-state index in [2.05, 4.69) is 26.6 Å². The molecule has 3 aromatic carbocycles. The summed E-state index contributed by atoms with van der Waals surface area (Å²) in [7, 11) is 3.13. The van der Waals surface area contributed by atoms with Gasteiger partial charge in [0.15, 0.2) is 11.5 Å². The number of nitrogens with one attached hydrogen (secondary N) is 2. The topological polar surface area (TPSA) is 76.7 Å². The van der Waals surface area contributed by atoms with Crippen LogP contribution in [-0.2, 0) is 11.3 Å². The lowest BCUT2D eigenvalue weighted by Crippen LogP contribution is -2.30. The first-order chi connectivity index (χ1) is 14.5. The number of fused-ring (bicyclic) bond motifs is 1. The summed E-state index contributed by atoms with van der Waals surface area (Å²) in [5.41, 5.74) is 1.44. The maximum Gasteiger partial charge on any atom is 0.251 e. The van der Waals surface area contributed by atoms with Crippen LogP contribution in [-0.4, -0.2) is 32.6 Å². The molecular weight excluding hydrogens is 448 g/mol. The molecule has 0 spiro atoms. The first-order valence-electron chi connectivity index (χ1n) is 9.46. The summed E-state index contributed by atoms with van der Waals surface area (Å²) in [6, 6.07) is 17.1. The quantitative estimate of drug-likeness (QED) is 0.520. The standard InChI is InChI=1S/C23H23BrN2O4/c1-29-20-12-15(11-19(24)22(20)30-2)14-26-21(27)9-10-25-23(28)18-8-7-16-5-3-4-6-17(16)13-18/h3-8,11-13H,9-10,14H2,1-2H3,(H,25,28)(H,26,27). The summed E-state index contributed by atoms with van der Waals surface area (Å²) in [5, 5.41) is 7.72. The minimum Gasteiger partial charge on any atom is -0.493 e. The molecule has 0 unspecified atom stereocenters. The van der Waals surface area contributed by atoms with Gasteiger partial charge in [0.25, 0.3) is 5.91 Å². The molecule has 2 N–H and O–H groups in total. The maximum atomic E-state index is 12.3. The van der Waals surface area contributed by atoms with Gasteiger partial charge in [0.1, 0.15) is 0 Å². The highest BCUT2D eigenvalue weighted by molar-refractivity contribution is 9.10. The maximum absolute atomic E-state index is 12.3. The number of hydrogen-bond acceptors (Lipinski definition) is 4. The average Bonchev–Trinajstić information content (AvgIpc) is 2.76. The van der Waals surface area contributed by atoms with Crippen LogP contribution in [0.2, 0.25) is 0 Å². The molecule has 0 atom stereocenters. The van der Waals surface area contributed by atoms with Gasteiger partial charge < -0.3 is 20.1 Å². The molecule has 0 bridgehead atoms. The van der Waals surface area contributed by atoms with Crippen molar-refractivity contribution in [3.8, 4) is 11.5 Å². The van der Waals surface area contributed by atoms with Crippen molar-refractivity contribution in [2.24, 2.45) is 0 Å². The summed E-state index contributed by atoms with van der Waals surface area (Å²) >= 11 is 3.44. The smallest absolute Gasteiger partial charge is 0.251 e. The highest BCUT2D eigenvalue weighted by Gasteiger charge is 2.12. The SMILES string of the molecule is COc1cc(CNC(=O)CCNC(=O)c2ccc3ccccc3c2)cc(Br)c1OC. The zero-order valence-corrected chi connectivity index (χ0v) is 18.4. The third-order valence-corrected chi connectivity index (χ3v) is 5.22. The summed E-state index contributed by atoms with van der Waals surface area (Å²) in [6.45, 7) is 0.601. The Balaban J connectivity index is 1.49. The Hall–Kier alpha value is -3.06. The van der Waals surface area contributed by atoms with Gasteiger partial charge in [0.05, 0.1) is 18.7 Å². The second-order valence-electron chi connectivity index (χ2n) is 6.66. The first-order valence-corrected chi connectivity index (χ1v) is 10.2. The van der Waals surface area contributed by atoms with Gasteiger partial charge >= 0.3 is 0 Å². The van der Waals surface area contributed by atoms with Crippen molar-refractivity contribution in [3.05, 3.63) is 70.2 Å². The van der Waals surface area contributed by atoms with Gasteiger partial charge in [0, 0.05) is 25.1 Å². The second kappa shape index (κ2) is 10.1. The van der Waals surface area contributed by atoms with Gasteiger partial charge in [-0.25, -0.2) is 0 Å². The van der Waals surface area contributed by atoms with E-state index in [0.29, 0.717) is 23.6 Å². The Morgan fingerprint density at radius 1 is 0.933 bits per heavy atom. The molecular formula is C23H23BrN2O4. The Kier molecular flexibility index (Phi) is 7.30. The van der Waals surface area contributed by atoms with E-state index < -0.39 is 0 Å². The van der Waals surface area contributed by atoms with Crippen LogP contribution in [0.1, 0.15) is 22.3 Å². The molecule has 0 saturated carbocycles. The van der Waals surface area contributed by atoms with Crippen molar-refractivity contribution < 1.29 is 19.1 Å². The Morgan fingerprint density at radius 3 is 2.43 bits per heavy atom. The number of carbonyl (C=O) groups excluding carboxylic acids is 2. The van der Waals surface area contributed by atoms with E-state index in [9.17, 15) is 9.59 Å². The number of amides is 2. The van der Waals surface area contributed by atoms with E-state index in [-0.39, 0.29) is 24.8 Å². The molecule has 156 valence electrons. The number of carbonyl (C=O) groups is 2. The fraction of sp³-hybridized carbons (Fsp3) is 0.217. The molecule has 0 aliphatic rings. The van der Waals surface area contributed by atoms with E-state index in [4.69, 9.17) is 9.47 Å². The average molecular weight is 471 g/mol. The van der Waals surface area contributed by atoms with Crippen LogP contribution in [0, 0.1) is 0 Å². The zero-order chi connectivity index (χ0) is 21.5. The van der Waals surface area contributed by atoms with E-state index >= 15 is 0 Å². The van der Waals surface area contributed by atoms with Crippen LogP contribution in [0.25, 0.3) is 10.8 Å². The van der Waals surface area contributed by atoms with Crippen LogP contribution in [0.4, 0.5) is 0 Å². The van der Waals surface area contributed by atoms with Crippen molar-refractivity contribution >= 4 is 38.5 Å². The lowest BCUT2D eigenvalue weighted by molar-refractivity contribution is -0.121. The van der Waals surface area contributed by atoms with Crippen LogP contribution in [0.15, 0.2) is 59.1 Å². The molecule has 7 heteroatoms. The van der Waals surface area contributed by atoms with Crippen LogP contribution >= 0.6 is 15.9 Å². The molecule has 3 rings (SSSR count). The first kappa shape index (κ1) is 21.6. The number of rotatable bonds is 8. The largest absolute Gasteiger partial charge is 0.493 e. The van der Waals surface area contributed by atoms with Crippen molar-refractivity contribution in [3.63, 3.8) is 0 Å². The molecule has 30 heavy (non-hydrogen) atoms. The highest BCUT2D eigenvalue weighted by atomic mass is 79.9. The number of halogens is 1. The third kappa shape index (κ3) is 5.30. The minimum absolute atomic E-state index is 0.153. The number of hydrogen-bond donors (Lipinski definition) is 2. The monoisotopic (exact) mass is 470 g/mol. The van der Waals surface area contributed by atoms with Gasteiger partial charge in [0.2, 0.25) is 5.91 Å². The van der Waals surface area contributed by atoms with Gasteiger partial charge in [-0.15, -0.1) is 0 Å². The number of methoxy groups -OCH3 is 2. The summed E-state index contributed by atoms with van der Waals surface area (Å²) in [6.07, 6.45) is 0.188. The Morgan fingerprint density at radius 2 is 1.70 bits per heavy atom. The third-order valence-electron chi connectivity index (χ3n) is 4.63. The van der Waals surface area contributed by atoms with Crippen LogP contribution in [0.5, 0.6) is 11.5 Å². The van der Waals surface area contributed by atoms with Gasteiger partial charge in [-0.05, 0) is 56.5 Å². The Bertz CT molecular complexity index is 1070. The number of ether oxygens (including phenoxy) is 2. The molecule has 0 aromatic heterocycles. The molecule has 0 aliphatic heterocycles. The number of benzene rings is 3. The molecule has 0 aliphatic carbocycles. The molecule has 2 amide bonds. The summed E-state index contributed by atoms with van der Waals surface area (Å²) in [5.74, 6) is 0.833. The Labute approximate surface area is 183 Å². The lowest BCUT2D eigenvalue weighted by Gasteiger charge is -2.12. The molecule has 3 aromatic rings. The van der Waals surface area contributed by atoms with E-state index in [1.807, 2.05) is 48.5 Å². The lowest BCUT2D eigenvalue weighted by atomic mass is 10.1. The predicted molar refractivity (Wildman–Crippen MR) is 120 cm³/mol. The zero-order valence-electron chi connectivity index (χ0n) is 16.8. The van der Waals surface area contributed by atoms with E-state index in [1.165, 1.54) is 0 Å². The van der Waals surface area contributed by atoms with Crippen molar-refractivity contribution in [2.45, 2.75) is 13.0 Å². The summed E-state index contributed by atoms with van der Waals surface area (Å²) < 4.78 is 11.3. The van der Waals surface area contributed by atoms with Crippen LogP contribution < -0.4 is 20.1 Å². The molecule has 0 saturated heterocycles. The second-order valence-corrected chi connectivity index (χ2v) is 7.51. The fourth-order valence-corrected chi connectivity index (χ4v) is 3.74. The minimum atomic E-state index is -0.197. The fourth-order valence-electron chi connectivity index (χ4n) is 3.08. The highest BCUT2D eigenvalue weighted by Crippen LogP contribution is 2.36. The molecule has 0 heterocycles.